The molecular formula is C4H4F7O3P. The number of rotatable bonds is 3. The van der Waals surface area contributed by atoms with Crippen molar-refractivity contribution >= 4 is 7.60 Å². The van der Waals surface area contributed by atoms with Gasteiger partial charge in [0.2, 0.25) is 0 Å². The Morgan fingerprint density at radius 2 is 1.27 bits per heavy atom. The molecular weight excluding hydrogens is 260 g/mol. The van der Waals surface area contributed by atoms with Crippen molar-refractivity contribution < 1.29 is 45.1 Å². The largest absolute Gasteiger partial charge is 0.459 e. The molecule has 0 saturated heterocycles. The second-order valence-corrected chi connectivity index (χ2v) is 4.24. The molecule has 0 spiro atoms. The van der Waals surface area contributed by atoms with Crippen molar-refractivity contribution in [3.63, 3.8) is 0 Å². The van der Waals surface area contributed by atoms with E-state index in [0.29, 0.717) is 0 Å². The quantitative estimate of drug-likeness (QED) is 0.605. The van der Waals surface area contributed by atoms with E-state index in [1.165, 1.54) is 0 Å². The van der Waals surface area contributed by atoms with Gasteiger partial charge in [0.25, 0.3) is 0 Å². The van der Waals surface area contributed by atoms with E-state index in [0.717, 1.165) is 0 Å². The van der Waals surface area contributed by atoms with Crippen molar-refractivity contribution in [2.24, 2.45) is 0 Å². The first-order valence-corrected chi connectivity index (χ1v) is 4.87. The molecule has 0 fully saturated rings. The van der Waals surface area contributed by atoms with Crippen molar-refractivity contribution in [2.75, 3.05) is 6.16 Å². The molecule has 3 nitrogen and oxygen atoms in total. The Labute approximate surface area is 78.0 Å². The summed E-state index contributed by atoms with van der Waals surface area (Å²) in [6.45, 7) is 0. The van der Waals surface area contributed by atoms with E-state index in [1.54, 1.807) is 0 Å². The highest BCUT2D eigenvalue weighted by Crippen LogP contribution is 2.52. The van der Waals surface area contributed by atoms with E-state index in [4.69, 9.17) is 9.79 Å². The van der Waals surface area contributed by atoms with Crippen LogP contribution < -0.4 is 0 Å². The van der Waals surface area contributed by atoms with Crippen LogP contribution in [-0.2, 0) is 4.57 Å². The van der Waals surface area contributed by atoms with Gasteiger partial charge in [-0.05, 0) is 0 Å². The molecule has 0 aromatic heterocycles. The minimum absolute atomic E-state index is 2.87. The zero-order valence-electron chi connectivity index (χ0n) is 6.60. The van der Waals surface area contributed by atoms with Crippen molar-refractivity contribution in [1.29, 1.82) is 0 Å². The summed E-state index contributed by atoms with van der Waals surface area (Å²) in [7, 11) is -5.68. The zero-order valence-corrected chi connectivity index (χ0v) is 7.50. The molecule has 0 aromatic carbocycles. The Balaban J connectivity index is 5.12. The first-order valence-electron chi connectivity index (χ1n) is 3.08. The van der Waals surface area contributed by atoms with Gasteiger partial charge in [0.15, 0.2) is 0 Å². The Morgan fingerprint density at radius 3 is 1.47 bits per heavy atom. The van der Waals surface area contributed by atoms with E-state index in [9.17, 15) is 35.3 Å². The first kappa shape index (κ1) is 14.7. The summed E-state index contributed by atoms with van der Waals surface area (Å²) in [4.78, 5) is 15.8. The van der Waals surface area contributed by atoms with Gasteiger partial charge in [0.1, 0.15) is 6.16 Å². The van der Waals surface area contributed by atoms with Gasteiger partial charge in [-0.15, -0.1) is 0 Å². The fraction of sp³-hybridized carbons (Fsp3) is 1.00. The lowest BCUT2D eigenvalue weighted by Crippen LogP contribution is -2.53. The van der Waals surface area contributed by atoms with E-state index in [1.807, 2.05) is 0 Å². The van der Waals surface area contributed by atoms with Gasteiger partial charge in [-0.3, -0.25) is 4.57 Å². The fourth-order valence-corrected chi connectivity index (χ4v) is 1.28. The molecule has 0 atom stereocenters. The number of halogens is 7. The molecule has 0 bridgehead atoms. The molecule has 0 unspecified atom stereocenters. The van der Waals surface area contributed by atoms with Gasteiger partial charge in [-0.2, -0.15) is 30.7 Å². The average Bonchev–Trinajstić information content (AvgIpc) is 1.77. The lowest BCUT2D eigenvalue weighted by atomic mass is 10.2. The van der Waals surface area contributed by atoms with Gasteiger partial charge >= 0.3 is 25.6 Å². The summed E-state index contributed by atoms with van der Waals surface area (Å²) in [5.74, 6) is -12.3. The maximum Gasteiger partial charge on any atom is 0.459 e. The Kier molecular flexibility index (Phi) is 3.52. The molecule has 0 radical (unpaired) electrons. The molecule has 0 aromatic rings. The maximum atomic E-state index is 12.2. The molecule has 15 heavy (non-hydrogen) atoms. The second kappa shape index (κ2) is 3.60. The van der Waals surface area contributed by atoms with Gasteiger partial charge in [-0.1, -0.05) is 0 Å². The van der Waals surface area contributed by atoms with Crippen molar-refractivity contribution in [3.05, 3.63) is 0 Å². The predicted molar refractivity (Wildman–Crippen MR) is 32.9 cm³/mol. The van der Waals surface area contributed by atoms with Crippen LogP contribution >= 0.6 is 7.60 Å². The van der Waals surface area contributed by atoms with Gasteiger partial charge in [0, 0.05) is 0 Å². The summed E-state index contributed by atoms with van der Waals surface area (Å²) in [5, 5.41) is 0. The minimum atomic E-state index is -6.58. The molecule has 0 saturated carbocycles. The first-order chi connectivity index (χ1) is 6.21. The predicted octanol–water partition coefficient (Wildman–Crippen LogP) is 2.00. The summed E-state index contributed by atoms with van der Waals surface area (Å²) in [5.41, 5.74) is 0. The number of hydrogen-bond donors (Lipinski definition) is 2. The molecule has 92 valence electrons. The third-order valence-corrected chi connectivity index (χ3v) is 2.03. The van der Waals surface area contributed by atoms with Crippen LogP contribution in [0, 0.1) is 0 Å². The Hall–Kier alpha value is -0.340. The van der Waals surface area contributed by atoms with Crippen LogP contribution in [-0.4, -0.2) is 34.0 Å². The lowest BCUT2D eigenvalue weighted by molar-refractivity contribution is -0.349. The van der Waals surface area contributed by atoms with Gasteiger partial charge < -0.3 is 9.79 Å². The molecule has 0 heterocycles. The van der Waals surface area contributed by atoms with Crippen molar-refractivity contribution in [1.82, 2.24) is 0 Å². The molecule has 11 heteroatoms. The topological polar surface area (TPSA) is 57.5 Å². The lowest BCUT2D eigenvalue weighted by Gasteiger charge is -2.28. The molecule has 0 rings (SSSR count). The van der Waals surface area contributed by atoms with E-state index < -0.39 is 31.8 Å². The molecule has 2 N–H and O–H groups in total. The maximum absolute atomic E-state index is 12.2. The van der Waals surface area contributed by atoms with Crippen LogP contribution in [0.25, 0.3) is 0 Å². The SMILES string of the molecule is O=P(O)(O)CC(F)(F)C(F)(F)C(F)(F)F. The monoisotopic (exact) mass is 264 g/mol. The third kappa shape index (κ3) is 3.32. The number of alkyl halides is 7. The summed E-state index contributed by atoms with van der Waals surface area (Å²) >= 11 is 0. The standard InChI is InChI=1S/C4H4F7O3P/c5-2(6,1-15(12,13)14)3(7,8)4(9,10)11/h1H2,(H2,12,13,14). The Bertz CT molecular complexity index is 278. The van der Waals surface area contributed by atoms with Crippen LogP contribution in [0.3, 0.4) is 0 Å². The van der Waals surface area contributed by atoms with E-state index in [2.05, 4.69) is 0 Å². The average molecular weight is 264 g/mol. The van der Waals surface area contributed by atoms with Crippen molar-refractivity contribution in [3.8, 4) is 0 Å². The molecule has 0 amide bonds. The summed E-state index contributed by atoms with van der Waals surface area (Å²) in [6.07, 6.45) is -9.45. The third-order valence-electron chi connectivity index (χ3n) is 1.22. The van der Waals surface area contributed by atoms with E-state index >= 15 is 0 Å². The molecule has 0 aliphatic rings. The van der Waals surface area contributed by atoms with Gasteiger partial charge in [0.05, 0.1) is 0 Å². The highest BCUT2D eigenvalue weighted by atomic mass is 31.2. The molecule has 0 aliphatic heterocycles. The van der Waals surface area contributed by atoms with Gasteiger partial charge in [-0.25, -0.2) is 0 Å². The smallest absolute Gasteiger partial charge is 0.324 e. The van der Waals surface area contributed by atoms with E-state index in [-0.39, 0.29) is 0 Å². The van der Waals surface area contributed by atoms with Crippen LogP contribution in [0.5, 0.6) is 0 Å². The van der Waals surface area contributed by atoms with Crippen LogP contribution in [0.2, 0.25) is 0 Å². The normalized spacial score (nSPS) is 15.5. The highest BCUT2D eigenvalue weighted by Gasteiger charge is 2.73. The minimum Gasteiger partial charge on any atom is -0.324 e. The molecule has 0 aliphatic carbocycles. The van der Waals surface area contributed by atoms with Crippen LogP contribution in [0.4, 0.5) is 30.7 Å². The Morgan fingerprint density at radius 1 is 0.933 bits per heavy atom. The highest BCUT2D eigenvalue weighted by molar-refractivity contribution is 7.51. The van der Waals surface area contributed by atoms with Crippen LogP contribution in [0.15, 0.2) is 0 Å². The van der Waals surface area contributed by atoms with Crippen molar-refractivity contribution in [2.45, 2.75) is 18.0 Å². The summed E-state index contributed by atoms with van der Waals surface area (Å²) in [6, 6.07) is 0. The van der Waals surface area contributed by atoms with Crippen LogP contribution in [0.1, 0.15) is 0 Å². The second-order valence-electron chi connectivity index (χ2n) is 2.60. The number of hydrogen-bond acceptors (Lipinski definition) is 1. The zero-order chi connectivity index (χ0) is 12.7. The fourth-order valence-electron chi connectivity index (χ4n) is 0.565. The summed E-state index contributed by atoms with van der Waals surface area (Å²) < 4.78 is 92.7.